The topological polar surface area (TPSA) is 116 Å². The van der Waals surface area contributed by atoms with Crippen molar-refractivity contribution in [1.29, 1.82) is 0 Å². The van der Waals surface area contributed by atoms with Crippen molar-refractivity contribution in [3.8, 4) is 5.69 Å². The largest absolute Gasteiger partial charge is 0.463 e. The highest BCUT2D eigenvalue weighted by Gasteiger charge is 2.21. The van der Waals surface area contributed by atoms with Crippen LogP contribution in [-0.2, 0) is 9.53 Å². The highest BCUT2D eigenvalue weighted by atomic mass is 16.6. The van der Waals surface area contributed by atoms with Crippen LogP contribution in [0, 0.1) is 10.1 Å². The van der Waals surface area contributed by atoms with E-state index in [1.807, 2.05) is 30.3 Å². The van der Waals surface area contributed by atoms with E-state index < -0.39 is 22.8 Å². The number of rotatable bonds is 8. The minimum Gasteiger partial charge on any atom is -0.463 e. The van der Waals surface area contributed by atoms with E-state index in [-0.39, 0.29) is 23.8 Å². The number of nitro benzene ring substituents is 1. The molecule has 1 N–H and O–H groups in total. The molecule has 0 fully saturated rings. The molecule has 31 heavy (non-hydrogen) atoms. The van der Waals surface area contributed by atoms with Gasteiger partial charge in [0.1, 0.15) is 0 Å². The summed E-state index contributed by atoms with van der Waals surface area (Å²) in [6.45, 7) is 3.53. The average Bonchev–Trinajstić information content (AvgIpc) is 3.24. The first kappa shape index (κ1) is 21.7. The average molecular weight is 422 g/mol. The summed E-state index contributed by atoms with van der Waals surface area (Å²) in [6.07, 6.45) is 2.65. The maximum absolute atomic E-state index is 12.8. The van der Waals surface area contributed by atoms with Gasteiger partial charge in [0.25, 0.3) is 11.6 Å². The van der Waals surface area contributed by atoms with Crippen LogP contribution in [0.15, 0.2) is 67.0 Å². The lowest BCUT2D eigenvalue weighted by molar-refractivity contribution is -0.384. The molecule has 9 nitrogen and oxygen atoms in total. The van der Waals surface area contributed by atoms with Crippen LogP contribution in [0.2, 0.25) is 0 Å². The maximum atomic E-state index is 12.8. The van der Waals surface area contributed by atoms with Gasteiger partial charge in [-0.15, -0.1) is 0 Å². The molecule has 9 heteroatoms. The molecule has 1 atom stereocenters. The predicted molar refractivity (Wildman–Crippen MR) is 113 cm³/mol. The lowest BCUT2D eigenvalue weighted by Gasteiger charge is -2.19. The van der Waals surface area contributed by atoms with Crippen molar-refractivity contribution in [2.75, 3.05) is 0 Å². The van der Waals surface area contributed by atoms with Crippen LogP contribution in [0.3, 0.4) is 0 Å². The molecule has 1 unspecified atom stereocenters. The number of nitrogens with zero attached hydrogens (tertiary/aromatic N) is 3. The summed E-state index contributed by atoms with van der Waals surface area (Å²) in [7, 11) is 0. The van der Waals surface area contributed by atoms with Gasteiger partial charge in [-0.25, -0.2) is 4.68 Å². The first-order valence-corrected chi connectivity index (χ1v) is 9.68. The Bertz CT molecular complexity index is 1060. The lowest BCUT2D eigenvalue weighted by atomic mass is 10.0. The fraction of sp³-hybridized carbons (Fsp3) is 0.227. The van der Waals surface area contributed by atoms with Crippen molar-refractivity contribution in [2.24, 2.45) is 0 Å². The van der Waals surface area contributed by atoms with Crippen LogP contribution < -0.4 is 5.32 Å². The molecule has 0 aliphatic carbocycles. The summed E-state index contributed by atoms with van der Waals surface area (Å²) >= 11 is 0. The minimum absolute atomic E-state index is 0.00950. The Morgan fingerprint density at radius 2 is 1.81 bits per heavy atom. The van der Waals surface area contributed by atoms with Crippen LogP contribution in [0.4, 0.5) is 5.69 Å². The zero-order chi connectivity index (χ0) is 22.4. The first-order valence-electron chi connectivity index (χ1n) is 9.68. The van der Waals surface area contributed by atoms with E-state index in [1.165, 1.54) is 29.2 Å². The van der Waals surface area contributed by atoms with E-state index in [4.69, 9.17) is 4.74 Å². The highest BCUT2D eigenvalue weighted by molar-refractivity contribution is 5.94. The maximum Gasteiger partial charge on any atom is 0.308 e. The van der Waals surface area contributed by atoms with Gasteiger partial charge >= 0.3 is 5.97 Å². The zero-order valence-corrected chi connectivity index (χ0v) is 17.1. The molecular weight excluding hydrogens is 400 g/mol. The van der Waals surface area contributed by atoms with Gasteiger partial charge in [-0.3, -0.25) is 19.7 Å². The number of ether oxygens (including phenoxy) is 1. The van der Waals surface area contributed by atoms with Gasteiger partial charge in [0, 0.05) is 18.3 Å². The molecule has 1 amide bonds. The number of hydrogen-bond donors (Lipinski definition) is 1. The normalized spacial score (nSPS) is 11.7. The lowest BCUT2D eigenvalue weighted by Crippen LogP contribution is -2.31. The van der Waals surface area contributed by atoms with Crippen molar-refractivity contribution in [1.82, 2.24) is 15.1 Å². The summed E-state index contributed by atoms with van der Waals surface area (Å²) in [5, 5.41) is 17.8. The van der Waals surface area contributed by atoms with E-state index in [0.717, 1.165) is 5.56 Å². The Morgan fingerprint density at radius 3 is 2.42 bits per heavy atom. The van der Waals surface area contributed by atoms with Gasteiger partial charge in [0.15, 0.2) is 0 Å². The van der Waals surface area contributed by atoms with Crippen molar-refractivity contribution >= 4 is 17.6 Å². The van der Waals surface area contributed by atoms with E-state index >= 15 is 0 Å². The summed E-state index contributed by atoms with van der Waals surface area (Å²) in [4.78, 5) is 35.3. The van der Waals surface area contributed by atoms with Gasteiger partial charge in [-0.2, -0.15) is 5.10 Å². The molecule has 160 valence electrons. The van der Waals surface area contributed by atoms with Gasteiger partial charge in [-0.1, -0.05) is 30.3 Å². The van der Waals surface area contributed by atoms with Crippen LogP contribution >= 0.6 is 0 Å². The zero-order valence-electron chi connectivity index (χ0n) is 17.1. The molecule has 0 aliphatic heterocycles. The number of nitro groups is 1. The Labute approximate surface area is 178 Å². The molecule has 0 spiro atoms. The van der Waals surface area contributed by atoms with Gasteiger partial charge in [0.2, 0.25) is 0 Å². The van der Waals surface area contributed by atoms with Crippen molar-refractivity contribution in [2.45, 2.75) is 32.4 Å². The molecule has 0 radical (unpaired) electrons. The summed E-state index contributed by atoms with van der Waals surface area (Å²) < 4.78 is 6.67. The number of aromatic nitrogens is 2. The van der Waals surface area contributed by atoms with E-state index in [0.29, 0.717) is 5.69 Å². The van der Waals surface area contributed by atoms with Crippen molar-refractivity contribution in [3.63, 3.8) is 0 Å². The van der Waals surface area contributed by atoms with Crippen LogP contribution in [0.1, 0.15) is 42.2 Å². The van der Waals surface area contributed by atoms with Crippen LogP contribution in [0.5, 0.6) is 0 Å². The third-order valence-corrected chi connectivity index (χ3v) is 4.42. The molecule has 2 aromatic carbocycles. The molecule has 0 aliphatic rings. The molecular formula is C22H22N4O5. The van der Waals surface area contributed by atoms with Gasteiger partial charge in [0.05, 0.1) is 40.9 Å². The van der Waals surface area contributed by atoms with E-state index in [2.05, 4.69) is 10.4 Å². The fourth-order valence-corrected chi connectivity index (χ4v) is 2.97. The summed E-state index contributed by atoms with van der Waals surface area (Å²) in [5.74, 6) is -0.815. The Hall–Kier alpha value is -4.01. The van der Waals surface area contributed by atoms with E-state index in [9.17, 15) is 19.7 Å². The second-order valence-corrected chi connectivity index (χ2v) is 7.13. The second kappa shape index (κ2) is 9.66. The number of benzene rings is 2. The van der Waals surface area contributed by atoms with Crippen molar-refractivity contribution < 1.29 is 19.2 Å². The van der Waals surface area contributed by atoms with Crippen LogP contribution in [0.25, 0.3) is 5.69 Å². The Balaban J connectivity index is 1.75. The minimum atomic E-state index is -0.567. The predicted octanol–water partition coefficient (Wildman–Crippen LogP) is 3.59. The highest BCUT2D eigenvalue weighted by Crippen LogP contribution is 2.19. The Morgan fingerprint density at radius 1 is 1.13 bits per heavy atom. The first-order chi connectivity index (χ1) is 14.8. The number of hydrogen-bond acceptors (Lipinski definition) is 6. The molecule has 1 aromatic heterocycles. The number of non-ortho nitro benzene ring substituents is 1. The number of nitrogens with one attached hydrogen (secondary N) is 1. The van der Waals surface area contributed by atoms with Gasteiger partial charge < -0.3 is 10.1 Å². The third-order valence-electron chi connectivity index (χ3n) is 4.42. The molecule has 1 heterocycles. The molecule has 0 saturated heterocycles. The van der Waals surface area contributed by atoms with Crippen LogP contribution in [-0.4, -0.2) is 32.7 Å². The van der Waals surface area contributed by atoms with Gasteiger partial charge in [-0.05, 0) is 31.5 Å². The number of carbonyl (C=O) groups excluding carboxylic acids is 2. The fourth-order valence-electron chi connectivity index (χ4n) is 2.97. The quantitative estimate of drug-likeness (QED) is 0.337. The molecule has 3 rings (SSSR count). The van der Waals surface area contributed by atoms with E-state index in [1.54, 1.807) is 26.0 Å². The number of esters is 1. The summed E-state index contributed by atoms with van der Waals surface area (Å²) in [6, 6.07) is 14.4. The van der Waals surface area contributed by atoms with Crippen molar-refractivity contribution in [3.05, 3.63) is 88.2 Å². The number of amides is 1. The SMILES string of the molecule is CC(C)OC(=O)CC(NC(=O)c1cnn(-c2ccc([N+](=O)[O-])cc2)c1)c1ccccc1. The molecule has 0 bridgehead atoms. The number of carbonyl (C=O) groups is 2. The summed E-state index contributed by atoms with van der Waals surface area (Å²) in [5.41, 5.74) is 1.61. The Kier molecular flexibility index (Phi) is 6.76. The molecule has 0 saturated carbocycles. The standard InChI is InChI=1S/C22H22N4O5/c1-15(2)31-21(27)12-20(16-6-4-3-5-7-16)24-22(28)17-13-23-25(14-17)18-8-10-19(11-9-18)26(29)30/h3-11,13-15,20H,12H2,1-2H3,(H,24,28). The third kappa shape index (κ3) is 5.75. The molecule has 3 aromatic rings. The smallest absolute Gasteiger partial charge is 0.308 e. The second-order valence-electron chi connectivity index (χ2n) is 7.13. The monoisotopic (exact) mass is 422 g/mol.